The Morgan fingerprint density at radius 2 is 1.89 bits per heavy atom. The molecule has 0 aliphatic heterocycles. The maximum Gasteiger partial charge on any atom is 0.321 e. The van der Waals surface area contributed by atoms with Crippen molar-refractivity contribution in [2.24, 2.45) is 5.73 Å². The zero-order valence-corrected chi connectivity index (χ0v) is 13.4. The summed E-state index contributed by atoms with van der Waals surface area (Å²) in [5.74, 6) is 0.293. The molecule has 5 nitrogen and oxygen atoms in total. The topological polar surface area (TPSA) is 81.8 Å². The molecule has 0 saturated carbocycles. The summed E-state index contributed by atoms with van der Waals surface area (Å²) in [4.78, 5) is 10.6. The van der Waals surface area contributed by atoms with E-state index in [0.717, 1.165) is 12.2 Å². The van der Waals surface area contributed by atoms with Crippen LogP contribution in [0.15, 0.2) is 0 Å². The van der Waals surface area contributed by atoms with Gasteiger partial charge in [0.25, 0.3) is 0 Å². The Kier molecular flexibility index (Phi) is 7.96. The average Bonchev–Trinajstić information content (AvgIpc) is 2.32. The molecule has 0 aliphatic carbocycles. The number of ether oxygens (including phenoxy) is 2. The van der Waals surface area contributed by atoms with Gasteiger partial charge in [-0.1, -0.05) is 0 Å². The first-order chi connectivity index (χ1) is 8.59. The lowest BCUT2D eigenvalue weighted by Crippen LogP contribution is -2.36. The highest BCUT2D eigenvalue weighted by Crippen LogP contribution is 2.21. The van der Waals surface area contributed by atoms with E-state index in [0.29, 0.717) is 12.4 Å². The molecular weight excluding hydrogens is 266 g/mol. The summed E-state index contributed by atoms with van der Waals surface area (Å²) < 4.78 is 11.2. The Morgan fingerprint density at radius 1 is 1.32 bits per heavy atom. The number of rotatable bonds is 10. The minimum absolute atomic E-state index is 0.254. The minimum Gasteiger partial charge on any atom is -0.480 e. The molecule has 0 radical (unpaired) electrons. The number of carbonyl (C=O) groups is 1. The van der Waals surface area contributed by atoms with Gasteiger partial charge in [0.1, 0.15) is 6.04 Å². The van der Waals surface area contributed by atoms with Gasteiger partial charge in [-0.05, 0) is 39.9 Å². The number of thioether (sulfide) groups is 1. The van der Waals surface area contributed by atoms with E-state index in [4.69, 9.17) is 20.3 Å². The Hall–Kier alpha value is -0.300. The van der Waals surface area contributed by atoms with Crippen molar-refractivity contribution in [1.82, 2.24) is 0 Å². The van der Waals surface area contributed by atoms with E-state index in [9.17, 15) is 4.79 Å². The molecule has 19 heavy (non-hydrogen) atoms. The van der Waals surface area contributed by atoms with E-state index in [1.807, 2.05) is 27.7 Å². The van der Waals surface area contributed by atoms with Crippen molar-refractivity contribution in [2.45, 2.75) is 51.4 Å². The summed E-state index contributed by atoms with van der Waals surface area (Å²) in [5, 5.41) is 8.67. The van der Waals surface area contributed by atoms with Crippen molar-refractivity contribution in [3.05, 3.63) is 0 Å². The number of aliphatic carboxylic acids is 1. The van der Waals surface area contributed by atoms with E-state index < -0.39 is 12.0 Å². The fourth-order valence-electron chi connectivity index (χ4n) is 1.10. The van der Waals surface area contributed by atoms with Crippen LogP contribution < -0.4 is 5.73 Å². The summed E-state index contributed by atoms with van der Waals surface area (Å²) >= 11 is 1.54. The lowest BCUT2D eigenvalue weighted by atomic mass is 10.1. The maximum atomic E-state index is 10.6. The number of hydrogen-bond acceptors (Lipinski definition) is 5. The number of nitrogens with two attached hydrogens (primary N) is 1. The van der Waals surface area contributed by atoms with Gasteiger partial charge in [-0.25, -0.2) is 0 Å². The predicted octanol–water partition coefficient (Wildman–Crippen LogP) is 1.74. The molecule has 1 atom stereocenters. The first-order valence-corrected chi connectivity index (χ1v) is 7.50. The van der Waals surface area contributed by atoms with Gasteiger partial charge in [-0.3, -0.25) is 4.79 Å². The molecule has 0 fully saturated rings. The van der Waals surface area contributed by atoms with Crippen LogP contribution in [-0.2, 0) is 14.3 Å². The lowest BCUT2D eigenvalue weighted by Gasteiger charge is -2.31. The van der Waals surface area contributed by atoms with Crippen molar-refractivity contribution >= 4 is 17.7 Å². The van der Waals surface area contributed by atoms with E-state index in [2.05, 4.69) is 0 Å². The molecule has 0 amide bonds. The highest BCUT2D eigenvalue weighted by atomic mass is 32.2. The molecule has 1 unspecified atom stereocenters. The van der Waals surface area contributed by atoms with Gasteiger partial charge in [0, 0.05) is 12.9 Å². The monoisotopic (exact) mass is 293 g/mol. The highest BCUT2D eigenvalue weighted by molar-refractivity contribution is 7.99. The Labute approximate surface area is 120 Å². The Bertz CT molecular complexity index is 282. The number of methoxy groups -OCH3 is 1. The zero-order chi connectivity index (χ0) is 15.1. The van der Waals surface area contributed by atoms with Crippen LogP contribution in [0.3, 0.4) is 0 Å². The first-order valence-electron chi connectivity index (χ1n) is 6.35. The van der Waals surface area contributed by atoms with Crippen LogP contribution >= 0.6 is 11.8 Å². The fraction of sp³-hybridized carbons (Fsp3) is 0.923. The van der Waals surface area contributed by atoms with Crippen LogP contribution in [0.5, 0.6) is 0 Å². The molecule has 0 bridgehead atoms. The average molecular weight is 293 g/mol. The summed E-state index contributed by atoms with van der Waals surface area (Å²) in [6, 6.07) is -0.790. The highest BCUT2D eigenvalue weighted by Gasteiger charge is 2.24. The number of hydrogen-bond donors (Lipinski definition) is 2. The van der Waals surface area contributed by atoms with Crippen molar-refractivity contribution in [1.29, 1.82) is 0 Å². The van der Waals surface area contributed by atoms with Crippen molar-refractivity contribution < 1.29 is 19.4 Å². The molecular formula is C13H27NO4S. The molecule has 0 rings (SSSR count). The smallest absolute Gasteiger partial charge is 0.321 e. The third-order valence-corrected chi connectivity index (χ3v) is 3.91. The van der Waals surface area contributed by atoms with E-state index in [1.165, 1.54) is 11.8 Å². The maximum absolute atomic E-state index is 10.6. The van der Waals surface area contributed by atoms with Gasteiger partial charge in [0.2, 0.25) is 0 Å². The number of carboxylic acid groups (broad SMARTS) is 1. The van der Waals surface area contributed by atoms with Crippen molar-refractivity contribution in [2.75, 3.05) is 25.2 Å². The van der Waals surface area contributed by atoms with E-state index in [1.54, 1.807) is 7.11 Å². The van der Waals surface area contributed by atoms with Gasteiger partial charge >= 0.3 is 5.97 Å². The molecule has 0 heterocycles. The molecule has 0 aromatic carbocycles. The molecule has 114 valence electrons. The third kappa shape index (κ3) is 9.27. The second-order valence-corrected chi connectivity index (χ2v) is 6.93. The fourth-order valence-corrected chi connectivity index (χ4v) is 2.30. The van der Waals surface area contributed by atoms with Crippen molar-refractivity contribution in [3.63, 3.8) is 0 Å². The van der Waals surface area contributed by atoms with E-state index in [-0.39, 0.29) is 11.2 Å². The molecule has 0 aromatic rings. The molecule has 3 N–H and O–H groups in total. The normalized spacial score (nSPS) is 14.4. The summed E-state index contributed by atoms with van der Waals surface area (Å²) in [5.41, 5.74) is 4.88. The molecule has 0 aromatic heterocycles. The standard InChI is InChI=1S/C13H27NO4S/c1-12(2,18-9-13(3,4)17-5)6-7-19-8-10(14)11(15)16/h10H,6-9,14H2,1-5H3,(H,15,16). The quantitative estimate of drug-likeness (QED) is 0.597. The van der Waals surface area contributed by atoms with Crippen LogP contribution in [0.4, 0.5) is 0 Å². The minimum atomic E-state index is -0.954. The van der Waals surface area contributed by atoms with Crippen LogP contribution in [0.1, 0.15) is 34.1 Å². The Morgan fingerprint density at radius 3 is 2.37 bits per heavy atom. The largest absolute Gasteiger partial charge is 0.480 e. The molecule has 0 spiro atoms. The van der Waals surface area contributed by atoms with Gasteiger partial charge in [0.05, 0.1) is 17.8 Å². The van der Waals surface area contributed by atoms with Crippen LogP contribution in [0.25, 0.3) is 0 Å². The first kappa shape index (κ1) is 18.7. The van der Waals surface area contributed by atoms with Crippen molar-refractivity contribution in [3.8, 4) is 0 Å². The van der Waals surface area contributed by atoms with Gasteiger partial charge in [-0.2, -0.15) is 11.8 Å². The lowest BCUT2D eigenvalue weighted by molar-refractivity contribution is -0.137. The molecule has 0 saturated heterocycles. The van der Waals surface area contributed by atoms with Crippen LogP contribution in [0.2, 0.25) is 0 Å². The second kappa shape index (κ2) is 8.09. The van der Waals surface area contributed by atoms with Gasteiger partial charge in [0.15, 0.2) is 0 Å². The molecule has 6 heteroatoms. The van der Waals surface area contributed by atoms with E-state index >= 15 is 0 Å². The van der Waals surface area contributed by atoms with Gasteiger partial charge < -0.3 is 20.3 Å². The summed E-state index contributed by atoms with van der Waals surface area (Å²) in [6.07, 6.45) is 0.837. The SMILES string of the molecule is COC(C)(C)COC(C)(C)CCSCC(N)C(=O)O. The molecule has 0 aliphatic rings. The van der Waals surface area contributed by atoms with Crippen LogP contribution in [0, 0.1) is 0 Å². The second-order valence-electron chi connectivity index (χ2n) is 5.78. The third-order valence-electron chi connectivity index (χ3n) is 2.83. The van der Waals surface area contributed by atoms with Crippen LogP contribution in [-0.4, -0.2) is 53.5 Å². The van der Waals surface area contributed by atoms with Gasteiger partial charge in [-0.15, -0.1) is 0 Å². The zero-order valence-electron chi connectivity index (χ0n) is 12.6. The summed E-state index contributed by atoms with van der Waals surface area (Å²) in [6.45, 7) is 8.52. The Balaban J connectivity index is 3.88. The predicted molar refractivity (Wildman–Crippen MR) is 78.7 cm³/mol. The number of carboxylic acids is 1. The summed E-state index contributed by atoms with van der Waals surface area (Å²) in [7, 11) is 1.67.